The number of para-hydroxylation sites is 1. The molecule has 1 heterocycles. The van der Waals surface area contributed by atoms with Gasteiger partial charge in [-0.15, -0.1) is 0 Å². The Morgan fingerprint density at radius 3 is 2.75 bits per heavy atom. The van der Waals surface area contributed by atoms with E-state index in [4.69, 9.17) is 16.3 Å². The third kappa shape index (κ3) is 3.75. The average molecular weight is 343 g/mol. The number of fused-ring (bicyclic) bond motifs is 1. The highest BCUT2D eigenvalue weighted by Gasteiger charge is 2.08. The van der Waals surface area contributed by atoms with Crippen LogP contribution in [0.3, 0.4) is 0 Å². The fraction of sp³-hybridized carbons (Fsp3) is 0.222. The number of rotatable bonds is 6. The maximum atomic E-state index is 6.01. The highest BCUT2D eigenvalue weighted by molar-refractivity contribution is 6.30. The lowest BCUT2D eigenvalue weighted by atomic mass is 10.2. The Labute approximate surface area is 146 Å². The number of nitrogens with one attached hydrogen (secondary N) is 2. The van der Waals surface area contributed by atoms with Crippen LogP contribution < -0.4 is 10.6 Å². The molecular formula is C18H19ClN4O. The second kappa shape index (κ2) is 7.47. The van der Waals surface area contributed by atoms with Gasteiger partial charge in [-0.1, -0.05) is 23.7 Å². The third-order valence-electron chi connectivity index (χ3n) is 3.64. The highest BCUT2D eigenvalue weighted by atomic mass is 35.5. The summed E-state index contributed by atoms with van der Waals surface area (Å²) in [6, 6.07) is 13.6. The van der Waals surface area contributed by atoms with Gasteiger partial charge in [-0.2, -0.15) is 4.98 Å². The molecule has 0 fully saturated rings. The van der Waals surface area contributed by atoms with E-state index in [1.807, 2.05) is 49.4 Å². The molecule has 0 saturated heterocycles. The van der Waals surface area contributed by atoms with Crippen LogP contribution in [0.25, 0.3) is 10.9 Å². The molecule has 6 heteroatoms. The van der Waals surface area contributed by atoms with Gasteiger partial charge in [0.05, 0.1) is 12.1 Å². The monoisotopic (exact) mass is 342 g/mol. The van der Waals surface area contributed by atoms with Gasteiger partial charge < -0.3 is 15.4 Å². The van der Waals surface area contributed by atoms with E-state index in [9.17, 15) is 0 Å². The van der Waals surface area contributed by atoms with Crippen molar-refractivity contribution in [1.82, 2.24) is 9.97 Å². The number of nitrogens with zero attached hydrogens (tertiary/aromatic N) is 2. The third-order valence-corrected chi connectivity index (χ3v) is 3.87. The summed E-state index contributed by atoms with van der Waals surface area (Å²) in [5.41, 5.74) is 2.84. The standard InChI is InChI=1S/C18H19ClN4O/c1-12-11-13(19)7-8-15(12)21-18-22-16-6-4-3-5-14(16)17(23-18)20-9-10-24-2/h3-8,11H,9-10H2,1-2H3,(H2,20,21,22,23). The van der Waals surface area contributed by atoms with E-state index in [0.717, 1.165) is 28.0 Å². The molecule has 0 atom stereocenters. The molecule has 0 aliphatic heterocycles. The molecule has 0 bridgehead atoms. The van der Waals surface area contributed by atoms with Crippen LogP contribution in [0.5, 0.6) is 0 Å². The van der Waals surface area contributed by atoms with Crippen LogP contribution >= 0.6 is 11.6 Å². The molecular weight excluding hydrogens is 324 g/mol. The van der Waals surface area contributed by atoms with Crippen LogP contribution in [0.1, 0.15) is 5.56 Å². The van der Waals surface area contributed by atoms with Crippen molar-refractivity contribution >= 4 is 40.0 Å². The molecule has 3 aromatic rings. The van der Waals surface area contributed by atoms with Crippen molar-refractivity contribution in [3.05, 3.63) is 53.1 Å². The van der Waals surface area contributed by atoms with Gasteiger partial charge in [0.1, 0.15) is 5.82 Å². The molecule has 1 aromatic heterocycles. The summed E-state index contributed by atoms with van der Waals surface area (Å²) < 4.78 is 5.09. The Morgan fingerprint density at radius 1 is 1.12 bits per heavy atom. The lowest BCUT2D eigenvalue weighted by molar-refractivity contribution is 0.210. The van der Waals surface area contributed by atoms with Gasteiger partial charge in [-0.05, 0) is 42.8 Å². The van der Waals surface area contributed by atoms with Crippen LogP contribution in [0.4, 0.5) is 17.5 Å². The Hall–Kier alpha value is -2.37. The first-order valence-corrected chi connectivity index (χ1v) is 8.08. The van der Waals surface area contributed by atoms with Gasteiger partial charge in [0.25, 0.3) is 0 Å². The minimum atomic E-state index is 0.541. The van der Waals surface area contributed by atoms with Crippen molar-refractivity contribution in [2.45, 2.75) is 6.92 Å². The lowest BCUT2D eigenvalue weighted by Crippen LogP contribution is -2.10. The molecule has 0 amide bonds. The Morgan fingerprint density at radius 2 is 1.96 bits per heavy atom. The summed E-state index contributed by atoms with van der Waals surface area (Å²) in [6.07, 6.45) is 0. The van der Waals surface area contributed by atoms with Gasteiger partial charge in [0, 0.05) is 29.8 Å². The molecule has 0 spiro atoms. The molecule has 2 aromatic carbocycles. The first kappa shape index (κ1) is 16.5. The number of ether oxygens (including phenoxy) is 1. The highest BCUT2D eigenvalue weighted by Crippen LogP contribution is 2.26. The number of benzene rings is 2. The van der Waals surface area contributed by atoms with Crippen molar-refractivity contribution < 1.29 is 4.74 Å². The predicted molar refractivity (Wildman–Crippen MR) is 99.4 cm³/mol. The van der Waals surface area contributed by atoms with Gasteiger partial charge in [0.15, 0.2) is 0 Å². The van der Waals surface area contributed by atoms with Gasteiger partial charge in [0.2, 0.25) is 5.95 Å². The number of anilines is 3. The van der Waals surface area contributed by atoms with Crippen LogP contribution in [-0.4, -0.2) is 30.2 Å². The van der Waals surface area contributed by atoms with E-state index >= 15 is 0 Å². The largest absolute Gasteiger partial charge is 0.383 e. The van der Waals surface area contributed by atoms with Gasteiger partial charge >= 0.3 is 0 Å². The molecule has 0 unspecified atom stereocenters. The van der Waals surface area contributed by atoms with Gasteiger partial charge in [-0.25, -0.2) is 4.98 Å². The van der Waals surface area contributed by atoms with E-state index in [-0.39, 0.29) is 0 Å². The Balaban J connectivity index is 1.95. The zero-order valence-electron chi connectivity index (χ0n) is 13.6. The summed E-state index contributed by atoms with van der Waals surface area (Å²) in [5, 5.41) is 8.26. The number of hydrogen-bond acceptors (Lipinski definition) is 5. The fourth-order valence-electron chi connectivity index (χ4n) is 2.43. The summed E-state index contributed by atoms with van der Waals surface area (Å²) in [4.78, 5) is 9.21. The van der Waals surface area contributed by atoms with Crippen molar-refractivity contribution in [3.8, 4) is 0 Å². The first-order chi connectivity index (χ1) is 11.7. The van der Waals surface area contributed by atoms with Crippen LogP contribution in [0.2, 0.25) is 5.02 Å². The summed E-state index contributed by atoms with van der Waals surface area (Å²) in [6.45, 7) is 3.28. The lowest BCUT2D eigenvalue weighted by Gasteiger charge is -2.13. The van der Waals surface area contributed by atoms with Crippen molar-refractivity contribution in [2.24, 2.45) is 0 Å². The Kier molecular flexibility index (Phi) is 5.13. The minimum absolute atomic E-state index is 0.541. The summed E-state index contributed by atoms with van der Waals surface area (Å²) in [5.74, 6) is 1.32. The molecule has 124 valence electrons. The topological polar surface area (TPSA) is 59.1 Å². The normalized spacial score (nSPS) is 10.8. The number of methoxy groups -OCH3 is 1. The molecule has 5 nitrogen and oxygen atoms in total. The van der Waals surface area contributed by atoms with Crippen molar-refractivity contribution in [3.63, 3.8) is 0 Å². The van der Waals surface area contributed by atoms with E-state index in [2.05, 4.69) is 20.6 Å². The second-order valence-electron chi connectivity index (χ2n) is 5.42. The number of hydrogen-bond donors (Lipinski definition) is 2. The predicted octanol–water partition coefficient (Wildman–Crippen LogP) is 4.39. The van der Waals surface area contributed by atoms with Crippen molar-refractivity contribution in [2.75, 3.05) is 30.9 Å². The molecule has 0 aliphatic carbocycles. The molecule has 2 N–H and O–H groups in total. The first-order valence-electron chi connectivity index (χ1n) is 7.70. The average Bonchev–Trinajstić information content (AvgIpc) is 2.57. The quantitative estimate of drug-likeness (QED) is 0.650. The second-order valence-corrected chi connectivity index (χ2v) is 5.85. The van der Waals surface area contributed by atoms with Crippen LogP contribution in [0, 0.1) is 6.92 Å². The summed E-state index contributed by atoms with van der Waals surface area (Å²) >= 11 is 6.01. The zero-order chi connectivity index (χ0) is 16.9. The zero-order valence-corrected chi connectivity index (χ0v) is 14.4. The van der Waals surface area contributed by atoms with E-state index in [1.165, 1.54) is 0 Å². The van der Waals surface area contributed by atoms with Crippen LogP contribution in [-0.2, 0) is 4.74 Å². The number of aromatic nitrogens is 2. The fourth-order valence-corrected chi connectivity index (χ4v) is 2.65. The smallest absolute Gasteiger partial charge is 0.229 e. The Bertz CT molecular complexity index is 854. The van der Waals surface area contributed by atoms with E-state index < -0.39 is 0 Å². The molecule has 24 heavy (non-hydrogen) atoms. The number of aryl methyl sites for hydroxylation is 1. The molecule has 0 saturated carbocycles. The summed E-state index contributed by atoms with van der Waals surface area (Å²) in [7, 11) is 1.68. The molecule has 0 aliphatic rings. The molecule has 0 radical (unpaired) electrons. The van der Waals surface area contributed by atoms with Gasteiger partial charge in [-0.3, -0.25) is 0 Å². The minimum Gasteiger partial charge on any atom is -0.383 e. The van der Waals surface area contributed by atoms with Crippen molar-refractivity contribution in [1.29, 1.82) is 0 Å². The van der Waals surface area contributed by atoms with E-state index in [0.29, 0.717) is 24.1 Å². The maximum absolute atomic E-state index is 6.01. The SMILES string of the molecule is COCCNc1nc(Nc2ccc(Cl)cc2C)nc2ccccc12. The van der Waals surface area contributed by atoms with E-state index in [1.54, 1.807) is 7.11 Å². The molecule has 3 rings (SSSR count). The number of halogens is 1. The van der Waals surface area contributed by atoms with Crippen LogP contribution in [0.15, 0.2) is 42.5 Å². The maximum Gasteiger partial charge on any atom is 0.229 e.